The SMILES string of the molecule is CCCCCC=CCC=CCCCCCCCC(=O)NCCOP(=O)(OCC)ON1C(=O)c2ccccc2C1=O. The maximum atomic E-state index is 13.0. The number of imide groups is 1. The number of nitrogens with zero attached hydrogens (tertiary/aromatic N) is 1. The van der Waals surface area contributed by atoms with Crippen molar-refractivity contribution in [2.45, 2.75) is 90.9 Å². The number of hydrogen-bond donors (Lipinski definition) is 1. The molecule has 0 aliphatic carbocycles. The first-order chi connectivity index (χ1) is 19.4. The molecule has 1 aliphatic rings. The van der Waals surface area contributed by atoms with Crippen molar-refractivity contribution in [1.29, 1.82) is 0 Å². The Labute approximate surface area is 238 Å². The molecule has 0 radical (unpaired) electrons. The van der Waals surface area contributed by atoms with E-state index in [2.05, 4.69) is 36.5 Å². The van der Waals surface area contributed by atoms with Gasteiger partial charge in [-0.05, 0) is 57.6 Å². The highest BCUT2D eigenvalue weighted by Gasteiger charge is 2.42. The van der Waals surface area contributed by atoms with Crippen LogP contribution in [-0.4, -0.2) is 42.5 Å². The maximum absolute atomic E-state index is 13.0. The second-order valence-corrected chi connectivity index (χ2v) is 11.1. The summed E-state index contributed by atoms with van der Waals surface area (Å²) in [5, 5.41) is 3.12. The number of hydroxylamine groups is 2. The van der Waals surface area contributed by atoms with Gasteiger partial charge in [0.2, 0.25) is 5.91 Å². The van der Waals surface area contributed by atoms with Crippen molar-refractivity contribution < 1.29 is 32.6 Å². The number of allylic oxidation sites excluding steroid dienone is 4. The molecule has 2 rings (SSSR count). The lowest BCUT2D eigenvalue weighted by atomic mass is 10.1. The van der Waals surface area contributed by atoms with Crippen molar-refractivity contribution in [1.82, 2.24) is 10.4 Å². The number of unbranched alkanes of at least 4 members (excludes halogenated alkanes) is 8. The Morgan fingerprint density at radius 1 is 0.850 bits per heavy atom. The van der Waals surface area contributed by atoms with E-state index in [1.165, 1.54) is 37.8 Å². The van der Waals surface area contributed by atoms with Crippen molar-refractivity contribution in [3.8, 4) is 0 Å². The summed E-state index contributed by atoms with van der Waals surface area (Å²) in [5.41, 5.74) is 0.298. The summed E-state index contributed by atoms with van der Waals surface area (Å²) in [6.07, 6.45) is 21.7. The summed E-state index contributed by atoms with van der Waals surface area (Å²) in [6.45, 7) is 3.68. The Kier molecular flexibility index (Phi) is 16.4. The summed E-state index contributed by atoms with van der Waals surface area (Å²) in [5.74, 6) is -1.61. The van der Waals surface area contributed by atoms with Gasteiger partial charge in [-0.3, -0.25) is 23.4 Å². The monoisotopic (exact) mass is 576 g/mol. The van der Waals surface area contributed by atoms with Gasteiger partial charge in [0.15, 0.2) is 0 Å². The number of fused-ring (bicyclic) bond motifs is 1. The van der Waals surface area contributed by atoms with Crippen molar-refractivity contribution in [2.75, 3.05) is 19.8 Å². The van der Waals surface area contributed by atoms with E-state index in [4.69, 9.17) is 13.7 Å². The van der Waals surface area contributed by atoms with Gasteiger partial charge in [-0.15, -0.1) is 5.06 Å². The largest absolute Gasteiger partial charge is 0.497 e. The summed E-state index contributed by atoms with van der Waals surface area (Å²) >= 11 is 0. The Hall–Kier alpha value is -2.58. The maximum Gasteiger partial charge on any atom is 0.497 e. The molecule has 9 nitrogen and oxygen atoms in total. The summed E-state index contributed by atoms with van der Waals surface area (Å²) in [6, 6.07) is 6.19. The molecule has 1 aliphatic heterocycles. The van der Waals surface area contributed by atoms with Crippen LogP contribution in [-0.2, 0) is 23.0 Å². The third kappa shape index (κ3) is 12.3. The Balaban J connectivity index is 1.53. The Bertz CT molecular complexity index is 1010. The number of carbonyl (C=O) groups is 3. The third-order valence-electron chi connectivity index (χ3n) is 6.25. The molecule has 0 saturated carbocycles. The number of phosphoric ester groups is 1. The molecule has 1 heterocycles. The lowest BCUT2D eigenvalue weighted by Crippen LogP contribution is -2.30. The molecular weight excluding hydrogens is 531 g/mol. The van der Waals surface area contributed by atoms with E-state index in [9.17, 15) is 18.9 Å². The average molecular weight is 577 g/mol. The van der Waals surface area contributed by atoms with Crippen LogP contribution in [0.15, 0.2) is 48.6 Å². The topological polar surface area (TPSA) is 111 Å². The predicted octanol–water partition coefficient (Wildman–Crippen LogP) is 7.31. The molecule has 0 fully saturated rings. The number of carbonyl (C=O) groups excluding carboxylic acids is 3. The van der Waals surface area contributed by atoms with Gasteiger partial charge >= 0.3 is 7.82 Å². The second kappa shape index (κ2) is 19.5. The second-order valence-electron chi connectivity index (χ2n) is 9.56. The molecular formula is C30H45N2O7P. The van der Waals surface area contributed by atoms with Gasteiger partial charge in [-0.2, -0.15) is 4.62 Å². The molecule has 1 atom stereocenters. The predicted molar refractivity (Wildman–Crippen MR) is 156 cm³/mol. The zero-order chi connectivity index (χ0) is 29.1. The molecule has 1 N–H and O–H groups in total. The summed E-state index contributed by atoms with van der Waals surface area (Å²) < 4.78 is 28.4. The van der Waals surface area contributed by atoms with Crippen LogP contribution in [0.1, 0.15) is 112 Å². The zero-order valence-corrected chi connectivity index (χ0v) is 24.9. The van der Waals surface area contributed by atoms with Gasteiger partial charge < -0.3 is 5.32 Å². The molecule has 0 aromatic heterocycles. The van der Waals surface area contributed by atoms with Crippen LogP contribution in [0, 0.1) is 0 Å². The molecule has 40 heavy (non-hydrogen) atoms. The smallest absolute Gasteiger partial charge is 0.354 e. The van der Waals surface area contributed by atoms with Crippen LogP contribution in [0.2, 0.25) is 0 Å². The van der Waals surface area contributed by atoms with E-state index in [-0.39, 0.29) is 36.8 Å². The number of rotatable bonds is 22. The van der Waals surface area contributed by atoms with Crippen molar-refractivity contribution in [3.63, 3.8) is 0 Å². The summed E-state index contributed by atoms with van der Waals surface area (Å²) in [4.78, 5) is 37.1. The quantitative estimate of drug-likeness (QED) is 0.0667. The molecule has 0 spiro atoms. The van der Waals surface area contributed by atoms with E-state index < -0.39 is 19.6 Å². The van der Waals surface area contributed by atoms with Crippen LogP contribution in [0.4, 0.5) is 0 Å². The van der Waals surface area contributed by atoms with E-state index >= 15 is 0 Å². The van der Waals surface area contributed by atoms with Gasteiger partial charge in [0.1, 0.15) is 0 Å². The lowest BCUT2D eigenvalue weighted by molar-refractivity contribution is -0.121. The minimum Gasteiger partial charge on any atom is -0.354 e. The molecule has 1 aromatic carbocycles. The van der Waals surface area contributed by atoms with Crippen LogP contribution in [0.25, 0.3) is 0 Å². The van der Waals surface area contributed by atoms with E-state index in [1.807, 2.05) is 0 Å². The number of hydrogen-bond acceptors (Lipinski definition) is 7. The van der Waals surface area contributed by atoms with Crippen LogP contribution >= 0.6 is 7.82 Å². The highest BCUT2D eigenvalue weighted by atomic mass is 31.2. The fraction of sp³-hybridized carbons (Fsp3) is 0.567. The van der Waals surface area contributed by atoms with Gasteiger partial charge in [-0.1, -0.05) is 75.5 Å². The highest BCUT2D eigenvalue weighted by Crippen LogP contribution is 2.51. The first-order valence-corrected chi connectivity index (χ1v) is 16.0. The highest BCUT2D eigenvalue weighted by molar-refractivity contribution is 7.48. The van der Waals surface area contributed by atoms with Crippen molar-refractivity contribution in [2.24, 2.45) is 0 Å². The summed E-state index contributed by atoms with van der Waals surface area (Å²) in [7, 11) is -4.26. The normalized spacial score (nSPS) is 14.8. The van der Waals surface area contributed by atoms with E-state index in [1.54, 1.807) is 19.1 Å². The average Bonchev–Trinajstić information content (AvgIpc) is 3.18. The third-order valence-corrected chi connectivity index (χ3v) is 7.69. The van der Waals surface area contributed by atoms with E-state index in [0.717, 1.165) is 44.9 Å². The minimum absolute atomic E-state index is 0.0281. The van der Waals surface area contributed by atoms with Gasteiger partial charge in [0.05, 0.1) is 24.3 Å². The molecule has 0 bridgehead atoms. The van der Waals surface area contributed by atoms with Gasteiger partial charge in [0, 0.05) is 13.0 Å². The van der Waals surface area contributed by atoms with Crippen molar-refractivity contribution in [3.05, 3.63) is 59.7 Å². The molecule has 10 heteroatoms. The number of benzene rings is 1. The van der Waals surface area contributed by atoms with Crippen molar-refractivity contribution >= 4 is 25.5 Å². The first kappa shape index (κ1) is 33.6. The molecule has 1 unspecified atom stereocenters. The zero-order valence-electron chi connectivity index (χ0n) is 24.0. The van der Waals surface area contributed by atoms with Gasteiger partial charge in [-0.25, -0.2) is 4.57 Å². The van der Waals surface area contributed by atoms with Crippen LogP contribution in [0.3, 0.4) is 0 Å². The lowest BCUT2D eigenvalue weighted by Gasteiger charge is -2.21. The standard InChI is InChI=1S/C30H45N2O7P/c1-3-5-6-7-8-9-10-11-12-13-14-15-16-17-18-23-28(33)31-24-25-38-40(36,37-4-2)39-32-29(34)26-21-19-20-22-27(26)30(32)35/h8-9,11-12,19-22H,3-7,10,13-18,23-25H2,1-2H3,(H,31,33). The Morgan fingerprint density at radius 2 is 1.45 bits per heavy atom. The van der Waals surface area contributed by atoms with Gasteiger partial charge in [0.25, 0.3) is 11.8 Å². The number of amides is 3. The molecule has 3 amide bonds. The van der Waals surface area contributed by atoms with E-state index in [0.29, 0.717) is 11.5 Å². The first-order valence-electron chi connectivity index (χ1n) is 14.5. The van der Waals surface area contributed by atoms with Crippen LogP contribution < -0.4 is 5.32 Å². The fourth-order valence-electron chi connectivity index (χ4n) is 4.12. The Morgan fingerprint density at radius 3 is 2.08 bits per heavy atom. The minimum atomic E-state index is -4.26. The number of phosphoric acid groups is 1. The fourth-order valence-corrected chi connectivity index (χ4v) is 5.27. The number of nitrogens with one attached hydrogen (secondary N) is 1. The molecule has 0 saturated heterocycles. The molecule has 1 aromatic rings. The van der Waals surface area contributed by atoms with Crippen LogP contribution in [0.5, 0.6) is 0 Å². The molecule has 222 valence electrons.